The van der Waals surface area contributed by atoms with E-state index in [1.54, 1.807) is 18.2 Å². The number of aromatic nitrogens is 1. The van der Waals surface area contributed by atoms with Gasteiger partial charge in [0.15, 0.2) is 0 Å². The van der Waals surface area contributed by atoms with Crippen LogP contribution in [0.1, 0.15) is 48.8 Å². The van der Waals surface area contributed by atoms with E-state index in [9.17, 15) is 17.6 Å². The quantitative estimate of drug-likeness (QED) is 0.602. The first kappa shape index (κ1) is 20.9. The predicted octanol–water partition coefficient (Wildman–Crippen LogP) is 5.73. The maximum absolute atomic E-state index is 13.4. The van der Waals surface area contributed by atoms with Crippen LogP contribution in [0.25, 0.3) is 0 Å². The summed E-state index contributed by atoms with van der Waals surface area (Å²) in [7, 11) is 0. The van der Waals surface area contributed by atoms with Gasteiger partial charge in [-0.15, -0.1) is 0 Å². The fourth-order valence-corrected chi connectivity index (χ4v) is 3.10. The van der Waals surface area contributed by atoms with Gasteiger partial charge in [-0.25, -0.2) is 9.37 Å². The van der Waals surface area contributed by atoms with Crippen molar-refractivity contribution < 1.29 is 17.6 Å². The average molecular weight is 378 g/mol. The molecule has 1 aromatic heterocycles. The molecule has 0 aliphatic heterocycles. The van der Waals surface area contributed by atoms with E-state index in [1.165, 1.54) is 12.1 Å². The third-order valence-corrected chi connectivity index (χ3v) is 4.17. The molecule has 1 heterocycles. The molecule has 0 saturated heterocycles. The summed E-state index contributed by atoms with van der Waals surface area (Å²) >= 11 is 0. The molecule has 1 aromatic carbocycles. The number of alkyl halides is 3. The van der Waals surface area contributed by atoms with Gasteiger partial charge >= 0.3 is 6.18 Å². The lowest BCUT2D eigenvalue weighted by atomic mass is 9.92. The van der Waals surface area contributed by atoms with Crippen LogP contribution in [0.2, 0.25) is 0 Å². The maximum atomic E-state index is 13.4. The zero-order chi connectivity index (χ0) is 20.2. The minimum Gasteiger partial charge on any atom is -0.248 e. The molecule has 0 amide bonds. The molecule has 1 atom stereocenters. The zero-order valence-corrected chi connectivity index (χ0v) is 15.6. The predicted molar refractivity (Wildman–Crippen MR) is 95.5 cm³/mol. The lowest BCUT2D eigenvalue weighted by molar-refractivity contribution is -0.141. The number of rotatable bonds is 6. The van der Waals surface area contributed by atoms with Crippen LogP contribution >= 0.6 is 0 Å². The highest BCUT2D eigenvalue weighted by molar-refractivity contribution is 5.34. The fourth-order valence-electron chi connectivity index (χ4n) is 3.10. The highest BCUT2D eigenvalue weighted by atomic mass is 19.4. The SMILES string of the molecule is CC(C)Cc1cc(CC(C)Cc2ccc(F)c(C#N)c2)cc(C(F)(F)F)n1. The summed E-state index contributed by atoms with van der Waals surface area (Å²) in [6.45, 7) is 5.79. The summed E-state index contributed by atoms with van der Waals surface area (Å²) < 4.78 is 52.9. The second-order valence-electron chi connectivity index (χ2n) is 7.39. The van der Waals surface area contributed by atoms with Gasteiger partial charge in [-0.1, -0.05) is 26.8 Å². The Kier molecular flexibility index (Phi) is 6.59. The smallest absolute Gasteiger partial charge is 0.248 e. The lowest BCUT2D eigenvalue weighted by Gasteiger charge is -2.16. The van der Waals surface area contributed by atoms with Gasteiger partial charge in [0.1, 0.15) is 17.6 Å². The van der Waals surface area contributed by atoms with Gasteiger partial charge < -0.3 is 0 Å². The molecule has 2 aromatic rings. The number of halogens is 4. The second-order valence-corrected chi connectivity index (χ2v) is 7.39. The highest BCUT2D eigenvalue weighted by Gasteiger charge is 2.33. The van der Waals surface area contributed by atoms with E-state index in [1.807, 2.05) is 20.8 Å². The molecule has 6 heteroatoms. The van der Waals surface area contributed by atoms with E-state index in [4.69, 9.17) is 5.26 Å². The molecule has 27 heavy (non-hydrogen) atoms. The van der Waals surface area contributed by atoms with Crippen LogP contribution in [-0.4, -0.2) is 4.98 Å². The van der Waals surface area contributed by atoms with Crippen LogP contribution < -0.4 is 0 Å². The molecular formula is C21H22F4N2. The number of hydrogen-bond acceptors (Lipinski definition) is 2. The molecule has 0 radical (unpaired) electrons. The highest BCUT2D eigenvalue weighted by Crippen LogP contribution is 2.30. The minimum absolute atomic E-state index is 0.0254. The Labute approximate surface area is 156 Å². The summed E-state index contributed by atoms with van der Waals surface area (Å²) in [5.41, 5.74) is 0.921. The van der Waals surface area contributed by atoms with Crippen molar-refractivity contribution in [2.75, 3.05) is 0 Å². The number of nitriles is 1. The molecule has 0 fully saturated rings. The molecule has 0 aliphatic carbocycles. The third kappa shape index (κ3) is 6.06. The van der Waals surface area contributed by atoms with E-state index >= 15 is 0 Å². The van der Waals surface area contributed by atoms with E-state index in [0.29, 0.717) is 30.5 Å². The largest absolute Gasteiger partial charge is 0.433 e. The first-order valence-electron chi connectivity index (χ1n) is 8.84. The molecule has 0 bridgehead atoms. The van der Waals surface area contributed by atoms with Crippen molar-refractivity contribution in [2.45, 2.75) is 46.2 Å². The van der Waals surface area contributed by atoms with Crippen molar-refractivity contribution in [3.63, 3.8) is 0 Å². The Morgan fingerprint density at radius 3 is 2.26 bits per heavy atom. The number of nitrogens with zero attached hydrogens (tertiary/aromatic N) is 2. The standard InChI is InChI=1S/C21H22F4N2/c1-13(2)6-18-10-16(11-20(27-18)21(23,24)25)8-14(3)7-15-4-5-19(22)17(9-15)12-26/h4-5,9-11,13-14H,6-8H2,1-3H3. The van der Waals surface area contributed by atoms with Gasteiger partial charge in [0.05, 0.1) is 5.56 Å². The van der Waals surface area contributed by atoms with Crippen molar-refractivity contribution in [3.05, 3.63) is 64.2 Å². The first-order valence-corrected chi connectivity index (χ1v) is 8.84. The normalized spacial score (nSPS) is 12.9. The van der Waals surface area contributed by atoms with E-state index in [2.05, 4.69) is 4.98 Å². The van der Waals surface area contributed by atoms with Crippen LogP contribution in [0.15, 0.2) is 30.3 Å². The van der Waals surface area contributed by atoms with Crippen LogP contribution in [-0.2, 0) is 25.4 Å². The van der Waals surface area contributed by atoms with Gasteiger partial charge in [0.25, 0.3) is 0 Å². The van der Waals surface area contributed by atoms with Crippen LogP contribution in [0.5, 0.6) is 0 Å². The Bertz CT molecular complexity index is 835. The number of benzene rings is 1. The van der Waals surface area contributed by atoms with Crippen molar-refractivity contribution >= 4 is 0 Å². The zero-order valence-electron chi connectivity index (χ0n) is 15.6. The van der Waals surface area contributed by atoms with Gasteiger partial charge in [-0.3, -0.25) is 0 Å². The van der Waals surface area contributed by atoms with Crippen LogP contribution in [0, 0.1) is 29.0 Å². The van der Waals surface area contributed by atoms with Crippen molar-refractivity contribution in [1.29, 1.82) is 5.26 Å². The van der Waals surface area contributed by atoms with Crippen LogP contribution in [0.3, 0.4) is 0 Å². The third-order valence-electron chi connectivity index (χ3n) is 4.17. The maximum Gasteiger partial charge on any atom is 0.433 e. The lowest BCUT2D eigenvalue weighted by Crippen LogP contribution is -2.13. The van der Waals surface area contributed by atoms with E-state index in [-0.39, 0.29) is 17.4 Å². The molecule has 2 rings (SSSR count). The summed E-state index contributed by atoms with van der Waals surface area (Å²) in [5.74, 6) is -0.344. The molecule has 0 aliphatic rings. The summed E-state index contributed by atoms with van der Waals surface area (Å²) in [5, 5.41) is 8.92. The Hall–Kier alpha value is -2.42. The second kappa shape index (κ2) is 8.51. The van der Waals surface area contributed by atoms with Crippen molar-refractivity contribution in [2.24, 2.45) is 11.8 Å². The average Bonchev–Trinajstić information content (AvgIpc) is 2.54. The molecule has 0 spiro atoms. The molecule has 2 nitrogen and oxygen atoms in total. The topological polar surface area (TPSA) is 36.7 Å². The number of hydrogen-bond donors (Lipinski definition) is 0. The molecule has 144 valence electrons. The van der Waals surface area contributed by atoms with E-state index < -0.39 is 17.7 Å². The molecule has 0 N–H and O–H groups in total. The van der Waals surface area contributed by atoms with Crippen molar-refractivity contribution in [1.82, 2.24) is 4.98 Å². The Morgan fingerprint density at radius 1 is 1.00 bits per heavy atom. The fraction of sp³-hybridized carbons (Fsp3) is 0.429. The molecule has 1 unspecified atom stereocenters. The Morgan fingerprint density at radius 2 is 1.67 bits per heavy atom. The summed E-state index contributed by atoms with van der Waals surface area (Å²) in [6.07, 6.45) is -3.02. The summed E-state index contributed by atoms with van der Waals surface area (Å²) in [6, 6.07) is 8.97. The number of pyridine rings is 1. The Balaban J connectivity index is 2.21. The van der Waals surface area contributed by atoms with Gasteiger partial charge in [-0.2, -0.15) is 18.4 Å². The van der Waals surface area contributed by atoms with Crippen molar-refractivity contribution in [3.8, 4) is 6.07 Å². The van der Waals surface area contributed by atoms with Gasteiger partial charge in [0.2, 0.25) is 0 Å². The van der Waals surface area contributed by atoms with Crippen LogP contribution in [0.4, 0.5) is 17.6 Å². The molecular weight excluding hydrogens is 356 g/mol. The van der Waals surface area contributed by atoms with Gasteiger partial charge in [0, 0.05) is 5.69 Å². The van der Waals surface area contributed by atoms with Gasteiger partial charge in [-0.05, 0) is 66.5 Å². The van der Waals surface area contributed by atoms with E-state index in [0.717, 1.165) is 11.6 Å². The first-order chi connectivity index (χ1) is 12.6. The monoisotopic (exact) mass is 378 g/mol. The minimum atomic E-state index is -4.48. The summed E-state index contributed by atoms with van der Waals surface area (Å²) in [4.78, 5) is 3.77. The molecule has 0 saturated carbocycles.